The molecule has 0 radical (unpaired) electrons. The van der Waals surface area contributed by atoms with Crippen molar-refractivity contribution in [1.29, 1.82) is 0 Å². The molecule has 2 unspecified atom stereocenters. The van der Waals surface area contributed by atoms with Gasteiger partial charge in [0, 0.05) is 24.8 Å². The van der Waals surface area contributed by atoms with Crippen LogP contribution < -0.4 is 10.6 Å². The summed E-state index contributed by atoms with van der Waals surface area (Å²) in [7, 11) is 4.05. The molecule has 3 N–H and O–H groups in total. The first-order valence-electron chi connectivity index (χ1n) is 6.58. The van der Waals surface area contributed by atoms with Crippen LogP contribution in [-0.4, -0.2) is 54.3 Å². The molecule has 4 nitrogen and oxygen atoms in total. The van der Waals surface area contributed by atoms with E-state index in [9.17, 15) is 5.11 Å². The summed E-state index contributed by atoms with van der Waals surface area (Å²) in [6, 6.07) is 5.86. The number of hydrogen-bond donors (Lipinski definition) is 2. The van der Waals surface area contributed by atoms with Crippen LogP contribution in [0, 0.1) is 0 Å². The van der Waals surface area contributed by atoms with Crippen LogP contribution in [0.5, 0.6) is 0 Å². The van der Waals surface area contributed by atoms with E-state index in [2.05, 4.69) is 9.80 Å². The molecule has 1 aliphatic heterocycles. The van der Waals surface area contributed by atoms with Gasteiger partial charge in [-0.05, 0) is 32.6 Å². The van der Waals surface area contributed by atoms with Crippen LogP contribution in [0.3, 0.4) is 0 Å². The van der Waals surface area contributed by atoms with Crippen molar-refractivity contribution in [1.82, 2.24) is 4.90 Å². The zero-order valence-electron chi connectivity index (χ0n) is 11.7. The van der Waals surface area contributed by atoms with Gasteiger partial charge in [-0.3, -0.25) is 0 Å². The molecular formula is C14H20ClN3OS. The molecule has 0 saturated carbocycles. The van der Waals surface area contributed by atoms with Crippen molar-refractivity contribution in [3.63, 3.8) is 0 Å². The smallest absolute Gasteiger partial charge is 0.107 e. The topological polar surface area (TPSA) is 52.7 Å². The summed E-state index contributed by atoms with van der Waals surface area (Å²) >= 11 is 11.3. The van der Waals surface area contributed by atoms with E-state index in [0.29, 0.717) is 17.1 Å². The van der Waals surface area contributed by atoms with Crippen LogP contribution in [0.2, 0.25) is 5.02 Å². The summed E-state index contributed by atoms with van der Waals surface area (Å²) < 4.78 is 0. The van der Waals surface area contributed by atoms with Crippen molar-refractivity contribution in [3.05, 3.63) is 28.8 Å². The molecule has 1 aromatic carbocycles. The molecule has 1 heterocycles. The lowest BCUT2D eigenvalue weighted by atomic mass is 10.1. The van der Waals surface area contributed by atoms with Crippen molar-refractivity contribution < 1.29 is 5.11 Å². The summed E-state index contributed by atoms with van der Waals surface area (Å²) in [6.07, 6.45) is 0.402. The standard InChI is InChI=1S/C14H20ClN3OS/c1-17(2)7-9-6-10(19)8-18(9)12-5-3-4-11(15)13(12)14(16)20/h3-5,9-10,19H,6-8H2,1-2H3,(H2,16,20). The fraction of sp³-hybridized carbons (Fsp3) is 0.500. The van der Waals surface area contributed by atoms with Crippen LogP contribution in [0.25, 0.3) is 0 Å². The second-order valence-electron chi connectivity index (χ2n) is 5.46. The highest BCUT2D eigenvalue weighted by molar-refractivity contribution is 7.80. The molecule has 20 heavy (non-hydrogen) atoms. The summed E-state index contributed by atoms with van der Waals surface area (Å²) in [5.41, 5.74) is 7.42. The number of halogens is 1. The van der Waals surface area contributed by atoms with Crippen molar-refractivity contribution in [2.45, 2.75) is 18.6 Å². The lowest BCUT2D eigenvalue weighted by Crippen LogP contribution is -2.38. The van der Waals surface area contributed by atoms with Gasteiger partial charge in [0.1, 0.15) is 4.99 Å². The van der Waals surface area contributed by atoms with Crippen LogP contribution in [0.4, 0.5) is 5.69 Å². The van der Waals surface area contributed by atoms with Gasteiger partial charge in [-0.25, -0.2) is 0 Å². The molecular weight excluding hydrogens is 294 g/mol. The van der Waals surface area contributed by atoms with Gasteiger partial charge in [-0.2, -0.15) is 0 Å². The molecule has 0 aliphatic carbocycles. The Hall–Kier alpha value is -0.880. The van der Waals surface area contributed by atoms with Crippen LogP contribution in [0.15, 0.2) is 18.2 Å². The number of aliphatic hydroxyl groups excluding tert-OH is 1. The molecule has 110 valence electrons. The molecule has 2 atom stereocenters. The fourth-order valence-electron chi connectivity index (χ4n) is 2.78. The maximum Gasteiger partial charge on any atom is 0.107 e. The average molecular weight is 314 g/mol. The highest BCUT2D eigenvalue weighted by Crippen LogP contribution is 2.33. The predicted octanol–water partition coefficient (Wildman–Crippen LogP) is 1.48. The van der Waals surface area contributed by atoms with Gasteiger partial charge in [-0.1, -0.05) is 29.9 Å². The number of β-amino-alcohol motifs (C(OH)–C–C–N with tert-alkyl or cyclic N) is 1. The number of nitrogens with two attached hydrogens (primary N) is 1. The molecule has 0 spiro atoms. The molecule has 0 amide bonds. The third-order valence-electron chi connectivity index (χ3n) is 3.52. The Kier molecular flexibility index (Phi) is 4.86. The van der Waals surface area contributed by atoms with Gasteiger partial charge in [-0.15, -0.1) is 0 Å². The van der Waals surface area contributed by atoms with Gasteiger partial charge in [0.05, 0.1) is 16.7 Å². The largest absolute Gasteiger partial charge is 0.391 e. The van der Waals surface area contributed by atoms with E-state index in [0.717, 1.165) is 18.7 Å². The zero-order chi connectivity index (χ0) is 14.9. The third kappa shape index (κ3) is 3.23. The minimum atomic E-state index is -0.335. The van der Waals surface area contributed by atoms with Crippen molar-refractivity contribution >= 4 is 34.5 Å². The Morgan fingerprint density at radius 1 is 1.55 bits per heavy atom. The molecule has 2 rings (SSSR count). The monoisotopic (exact) mass is 313 g/mol. The van der Waals surface area contributed by atoms with Gasteiger partial charge in [0.2, 0.25) is 0 Å². The number of benzene rings is 1. The first kappa shape index (κ1) is 15.5. The number of hydrogen-bond acceptors (Lipinski definition) is 4. The number of rotatable bonds is 4. The molecule has 0 bridgehead atoms. The van der Waals surface area contributed by atoms with E-state index in [-0.39, 0.29) is 17.1 Å². The van der Waals surface area contributed by atoms with E-state index in [1.54, 1.807) is 6.07 Å². The third-order valence-corrected chi connectivity index (χ3v) is 4.03. The minimum absolute atomic E-state index is 0.228. The van der Waals surface area contributed by atoms with Crippen LogP contribution in [-0.2, 0) is 0 Å². The maximum atomic E-state index is 9.99. The molecule has 6 heteroatoms. The average Bonchev–Trinajstić information content (AvgIpc) is 2.68. The molecule has 1 aromatic rings. The van der Waals surface area contributed by atoms with Crippen molar-refractivity contribution in [2.75, 3.05) is 32.1 Å². The van der Waals surface area contributed by atoms with Crippen LogP contribution >= 0.6 is 23.8 Å². The maximum absolute atomic E-state index is 9.99. The lowest BCUT2D eigenvalue weighted by molar-refractivity contribution is 0.191. The number of thiocarbonyl (C=S) groups is 1. The zero-order valence-corrected chi connectivity index (χ0v) is 13.3. The predicted molar refractivity (Wildman–Crippen MR) is 87.7 cm³/mol. The summed E-state index contributed by atoms with van der Waals surface area (Å²) in [5, 5.41) is 10.5. The van der Waals surface area contributed by atoms with Gasteiger partial charge in [0.25, 0.3) is 0 Å². The van der Waals surface area contributed by atoms with E-state index in [1.165, 1.54) is 0 Å². The molecule has 1 aliphatic rings. The van der Waals surface area contributed by atoms with E-state index >= 15 is 0 Å². The van der Waals surface area contributed by atoms with E-state index in [4.69, 9.17) is 29.6 Å². The fourth-order valence-corrected chi connectivity index (χ4v) is 3.32. The first-order chi connectivity index (χ1) is 9.40. The molecule has 1 fully saturated rings. The molecule has 1 saturated heterocycles. The van der Waals surface area contributed by atoms with Gasteiger partial charge >= 0.3 is 0 Å². The number of aliphatic hydroxyl groups is 1. The number of likely N-dealkylation sites (N-methyl/N-ethyl adjacent to an activating group) is 1. The highest BCUT2D eigenvalue weighted by Gasteiger charge is 2.33. The Morgan fingerprint density at radius 3 is 2.85 bits per heavy atom. The Labute approximate surface area is 130 Å². The lowest BCUT2D eigenvalue weighted by Gasteiger charge is -2.30. The minimum Gasteiger partial charge on any atom is -0.391 e. The Morgan fingerprint density at radius 2 is 2.25 bits per heavy atom. The summed E-state index contributed by atoms with van der Waals surface area (Å²) in [4.78, 5) is 4.56. The number of anilines is 1. The van der Waals surface area contributed by atoms with Gasteiger partial charge < -0.3 is 20.6 Å². The van der Waals surface area contributed by atoms with Crippen LogP contribution in [0.1, 0.15) is 12.0 Å². The van der Waals surface area contributed by atoms with Crippen molar-refractivity contribution in [3.8, 4) is 0 Å². The van der Waals surface area contributed by atoms with E-state index < -0.39 is 0 Å². The second kappa shape index (κ2) is 6.26. The summed E-state index contributed by atoms with van der Waals surface area (Å²) in [5.74, 6) is 0. The second-order valence-corrected chi connectivity index (χ2v) is 6.30. The normalized spacial score (nSPS) is 22.6. The summed E-state index contributed by atoms with van der Waals surface area (Å²) in [6.45, 7) is 1.44. The SMILES string of the molecule is CN(C)CC1CC(O)CN1c1cccc(Cl)c1C(N)=S. The first-order valence-corrected chi connectivity index (χ1v) is 7.36. The van der Waals surface area contributed by atoms with Crippen molar-refractivity contribution in [2.24, 2.45) is 5.73 Å². The Balaban J connectivity index is 2.39. The quantitative estimate of drug-likeness (QED) is 0.825. The molecule has 0 aromatic heterocycles. The Bertz CT molecular complexity index is 509. The highest BCUT2D eigenvalue weighted by atomic mass is 35.5. The van der Waals surface area contributed by atoms with Gasteiger partial charge in [0.15, 0.2) is 0 Å². The van der Waals surface area contributed by atoms with E-state index in [1.807, 2.05) is 26.2 Å². The number of nitrogens with zero attached hydrogens (tertiary/aromatic N) is 2.